The van der Waals surface area contributed by atoms with Gasteiger partial charge in [0.05, 0.1) is 31.5 Å². The van der Waals surface area contributed by atoms with Gasteiger partial charge in [0.1, 0.15) is 29.4 Å². The van der Waals surface area contributed by atoms with Gasteiger partial charge in [0, 0.05) is 32.2 Å². The number of carboxylic acid groups (broad SMARTS) is 1. The van der Waals surface area contributed by atoms with Gasteiger partial charge in [-0.3, -0.25) is 9.59 Å². The summed E-state index contributed by atoms with van der Waals surface area (Å²) in [5.41, 5.74) is 14.4. The van der Waals surface area contributed by atoms with Gasteiger partial charge in [-0.15, -0.1) is 0 Å². The lowest BCUT2D eigenvalue weighted by Gasteiger charge is -2.08. The van der Waals surface area contributed by atoms with E-state index in [2.05, 4.69) is 41.5 Å². The van der Waals surface area contributed by atoms with Crippen LogP contribution in [0.3, 0.4) is 0 Å². The largest absolute Gasteiger partial charge is 0.493 e. The lowest BCUT2D eigenvalue weighted by Crippen LogP contribution is -2.04. The summed E-state index contributed by atoms with van der Waals surface area (Å²) in [5.74, 6) is 3.61. The van der Waals surface area contributed by atoms with E-state index in [1.807, 2.05) is 80.6 Å². The number of hydrogen-bond donors (Lipinski definition) is 4. The summed E-state index contributed by atoms with van der Waals surface area (Å²) < 4.78 is 28.6. The maximum absolute atomic E-state index is 12.1. The molecule has 4 aromatic carbocycles. The lowest BCUT2D eigenvalue weighted by molar-refractivity contribution is -0.134. The third-order valence-electron chi connectivity index (χ3n) is 6.42. The minimum absolute atomic E-state index is 0.306. The molecule has 0 aromatic heterocycles. The molecule has 0 bridgehead atoms. The SMILES string of the molecule is CC(=O)O.CC(C)CO.CC(C)COc1ccc(C=O)cc1.CC(C)COc1ccc(CN)cc1.CC(C)COc1ccc(CN)cc1.N#Cc1ccc(F)cc1. The quantitative estimate of drug-likeness (QED) is 0.0954. The first-order valence-electron chi connectivity index (χ1n) is 19.0. The number of rotatable bonds is 13. The van der Waals surface area contributed by atoms with Crippen LogP contribution in [0.5, 0.6) is 17.2 Å². The molecule has 0 amide bonds. The molecule has 4 aromatic rings. The Labute approximate surface area is 340 Å². The third kappa shape index (κ3) is 33.8. The van der Waals surface area contributed by atoms with E-state index in [0.29, 0.717) is 61.1 Å². The number of carbonyl (C=O) groups excluding carboxylic acids is 1. The number of halogens is 1. The highest BCUT2D eigenvalue weighted by molar-refractivity contribution is 5.74. The predicted molar refractivity (Wildman–Crippen MR) is 228 cm³/mol. The van der Waals surface area contributed by atoms with Gasteiger partial charge in [-0.25, -0.2) is 4.39 Å². The van der Waals surface area contributed by atoms with Crippen LogP contribution in [0.4, 0.5) is 4.39 Å². The molecule has 0 aliphatic heterocycles. The van der Waals surface area contributed by atoms with Crippen molar-refractivity contribution in [2.75, 3.05) is 26.4 Å². The number of aldehydes is 1. The highest BCUT2D eigenvalue weighted by Gasteiger charge is 1.99. The molecule has 0 aliphatic rings. The molecule has 0 atom stereocenters. The zero-order valence-electron chi connectivity index (χ0n) is 35.3. The van der Waals surface area contributed by atoms with E-state index in [4.69, 9.17) is 45.9 Å². The van der Waals surface area contributed by atoms with Crippen LogP contribution in [0.1, 0.15) is 89.4 Å². The van der Waals surface area contributed by atoms with Crippen LogP contribution in [-0.4, -0.2) is 48.9 Å². The summed E-state index contributed by atoms with van der Waals surface area (Å²) in [7, 11) is 0. The highest BCUT2D eigenvalue weighted by atomic mass is 19.1. The van der Waals surface area contributed by atoms with Gasteiger partial charge >= 0.3 is 0 Å². The van der Waals surface area contributed by atoms with E-state index < -0.39 is 5.97 Å². The number of aliphatic carboxylic acids is 1. The number of benzene rings is 4. The number of nitrogens with zero attached hydrogens (tertiary/aromatic N) is 1. The van der Waals surface area contributed by atoms with E-state index in [-0.39, 0.29) is 5.82 Å². The predicted octanol–water partition coefficient (Wildman–Crippen LogP) is 9.32. The lowest BCUT2D eigenvalue weighted by atomic mass is 10.2. The smallest absolute Gasteiger partial charge is 0.300 e. The molecule has 314 valence electrons. The van der Waals surface area contributed by atoms with Gasteiger partial charge in [0.25, 0.3) is 5.97 Å². The number of aliphatic hydroxyl groups is 1. The zero-order chi connectivity index (χ0) is 43.6. The number of carboxylic acids is 1. The van der Waals surface area contributed by atoms with Gasteiger partial charge in [-0.2, -0.15) is 5.26 Å². The molecule has 0 heterocycles. The van der Waals surface area contributed by atoms with Crippen LogP contribution in [0.25, 0.3) is 0 Å². The number of hydrogen-bond acceptors (Lipinski definition) is 9. The van der Waals surface area contributed by atoms with Gasteiger partial charge in [-0.05, 0) is 108 Å². The van der Waals surface area contributed by atoms with Gasteiger partial charge in [-0.1, -0.05) is 79.7 Å². The van der Waals surface area contributed by atoms with Gasteiger partial charge < -0.3 is 35.9 Å². The number of aliphatic hydroxyl groups excluding tert-OH is 1. The molecule has 0 unspecified atom stereocenters. The molecule has 4 rings (SSSR count). The molecule has 10 nitrogen and oxygen atoms in total. The standard InChI is InChI=1S/2C11H17NO.C11H14O2.C7H4FN.C4H10O.C2H4O2/c3*1-9(2)8-13-11-5-3-10(7-12)4-6-11;8-7-3-1-6(5-9)2-4-7;1-4(2)3-5;1-2(3)4/h2*3-6,9H,7-8,12H2,1-2H3;3-7,9H,8H2,1-2H3;1-4H;4-5H,3H2,1-2H3;1H3,(H,3,4). The molecule has 0 fully saturated rings. The second-order valence-corrected chi connectivity index (χ2v) is 14.2. The topological polar surface area (TPSA) is 178 Å². The van der Waals surface area contributed by atoms with Crippen LogP contribution >= 0.6 is 0 Å². The Morgan fingerprint density at radius 2 is 0.947 bits per heavy atom. The fourth-order valence-electron chi connectivity index (χ4n) is 3.40. The first kappa shape index (κ1) is 53.8. The van der Waals surface area contributed by atoms with E-state index in [1.165, 1.54) is 24.3 Å². The van der Waals surface area contributed by atoms with Crippen molar-refractivity contribution in [3.05, 3.63) is 125 Å². The molecule has 0 aliphatic carbocycles. The molecule has 6 N–H and O–H groups in total. The molecular formula is C46H66FN3O7. The summed E-state index contributed by atoms with van der Waals surface area (Å²) in [6, 6.07) is 30.3. The van der Waals surface area contributed by atoms with Crippen LogP contribution in [0.15, 0.2) is 97.1 Å². The summed E-state index contributed by atoms with van der Waals surface area (Å²) in [6.45, 7) is 21.5. The van der Waals surface area contributed by atoms with Gasteiger partial charge in [0.2, 0.25) is 0 Å². The van der Waals surface area contributed by atoms with Crippen LogP contribution in [0, 0.1) is 40.8 Å². The Morgan fingerprint density at radius 3 is 1.18 bits per heavy atom. The van der Waals surface area contributed by atoms with Crippen LogP contribution < -0.4 is 25.7 Å². The number of ether oxygens (including phenoxy) is 3. The van der Waals surface area contributed by atoms with E-state index in [0.717, 1.165) is 54.8 Å². The first-order chi connectivity index (χ1) is 27.0. The molecule has 0 saturated carbocycles. The number of carbonyl (C=O) groups is 2. The van der Waals surface area contributed by atoms with Gasteiger partial charge in [0.15, 0.2) is 0 Å². The fraction of sp³-hybridized carbons (Fsp3) is 0.413. The Balaban J connectivity index is 0. The van der Waals surface area contributed by atoms with Crippen molar-refractivity contribution in [1.82, 2.24) is 0 Å². The fourth-order valence-corrected chi connectivity index (χ4v) is 3.40. The maximum atomic E-state index is 12.1. The molecule has 0 radical (unpaired) electrons. The van der Waals surface area contributed by atoms with E-state index in [1.54, 1.807) is 12.1 Å². The average molecular weight is 792 g/mol. The molecular weight excluding hydrogens is 726 g/mol. The second kappa shape index (κ2) is 34.0. The average Bonchev–Trinajstić information content (AvgIpc) is 3.20. The minimum Gasteiger partial charge on any atom is -0.493 e. The van der Waals surface area contributed by atoms with Crippen molar-refractivity contribution >= 4 is 12.3 Å². The Bertz CT molecular complexity index is 1550. The van der Waals surface area contributed by atoms with Crippen molar-refractivity contribution in [2.24, 2.45) is 35.1 Å². The second-order valence-electron chi connectivity index (χ2n) is 14.2. The zero-order valence-corrected chi connectivity index (χ0v) is 35.3. The van der Waals surface area contributed by atoms with Crippen molar-refractivity contribution in [1.29, 1.82) is 5.26 Å². The summed E-state index contributed by atoms with van der Waals surface area (Å²) >= 11 is 0. The Morgan fingerprint density at radius 1 is 0.649 bits per heavy atom. The maximum Gasteiger partial charge on any atom is 0.300 e. The minimum atomic E-state index is -0.833. The summed E-state index contributed by atoms with van der Waals surface area (Å²) in [6.07, 6.45) is 0.826. The molecule has 0 saturated heterocycles. The molecule has 57 heavy (non-hydrogen) atoms. The Kier molecular flexibility index (Phi) is 32.1. The highest BCUT2D eigenvalue weighted by Crippen LogP contribution is 2.14. The van der Waals surface area contributed by atoms with Crippen LogP contribution in [-0.2, 0) is 17.9 Å². The van der Waals surface area contributed by atoms with Crippen molar-refractivity contribution in [2.45, 2.75) is 75.4 Å². The number of nitriles is 1. The van der Waals surface area contributed by atoms with E-state index in [9.17, 15) is 9.18 Å². The van der Waals surface area contributed by atoms with Crippen LogP contribution in [0.2, 0.25) is 0 Å². The third-order valence-corrected chi connectivity index (χ3v) is 6.42. The molecule has 11 heteroatoms. The van der Waals surface area contributed by atoms with Crippen molar-refractivity contribution in [3.63, 3.8) is 0 Å². The van der Waals surface area contributed by atoms with Crippen molar-refractivity contribution in [3.8, 4) is 23.3 Å². The number of nitrogens with two attached hydrogens (primary N) is 2. The molecule has 0 spiro atoms. The van der Waals surface area contributed by atoms with E-state index >= 15 is 0 Å². The Hall–Kier alpha value is -5.28. The summed E-state index contributed by atoms with van der Waals surface area (Å²) in [4.78, 5) is 19.3. The summed E-state index contributed by atoms with van der Waals surface area (Å²) in [5, 5.41) is 23.8. The monoisotopic (exact) mass is 791 g/mol. The first-order valence-corrected chi connectivity index (χ1v) is 19.0. The van der Waals surface area contributed by atoms with Crippen molar-refractivity contribution < 1.29 is 38.4 Å². The normalized spacial score (nSPS) is 9.68.